The van der Waals surface area contributed by atoms with Crippen molar-refractivity contribution in [2.45, 2.75) is 12.8 Å². The molecular formula is C11H8BrClFNS. The van der Waals surface area contributed by atoms with Crippen molar-refractivity contribution in [3.05, 3.63) is 38.4 Å². The van der Waals surface area contributed by atoms with Gasteiger partial charge in [0, 0.05) is 14.9 Å². The summed E-state index contributed by atoms with van der Waals surface area (Å²) in [6, 6.07) is 4.83. The number of rotatable bonds is 2. The van der Waals surface area contributed by atoms with Crippen LogP contribution in [-0.2, 0) is 5.88 Å². The van der Waals surface area contributed by atoms with Crippen molar-refractivity contribution in [1.29, 1.82) is 0 Å². The van der Waals surface area contributed by atoms with Gasteiger partial charge >= 0.3 is 0 Å². The second kappa shape index (κ2) is 4.82. The first kappa shape index (κ1) is 12.0. The minimum absolute atomic E-state index is 0.266. The SMILES string of the molecule is Cc1sc(CCl)nc1-c1cc(Br)ccc1F. The van der Waals surface area contributed by atoms with Crippen LogP contribution in [0.4, 0.5) is 4.39 Å². The molecule has 2 rings (SSSR count). The quantitative estimate of drug-likeness (QED) is 0.727. The third-order valence-electron chi connectivity index (χ3n) is 2.14. The van der Waals surface area contributed by atoms with Gasteiger partial charge in [0.25, 0.3) is 0 Å². The summed E-state index contributed by atoms with van der Waals surface area (Å²) >= 11 is 10.5. The first-order valence-corrected chi connectivity index (χ1v) is 6.74. The fourth-order valence-corrected chi connectivity index (χ4v) is 2.82. The maximum absolute atomic E-state index is 13.7. The van der Waals surface area contributed by atoms with Crippen LogP contribution >= 0.6 is 38.9 Å². The van der Waals surface area contributed by atoms with E-state index in [1.165, 1.54) is 17.4 Å². The van der Waals surface area contributed by atoms with Crippen LogP contribution in [0, 0.1) is 12.7 Å². The van der Waals surface area contributed by atoms with Crippen LogP contribution in [0.2, 0.25) is 0 Å². The van der Waals surface area contributed by atoms with Gasteiger partial charge in [-0.05, 0) is 25.1 Å². The maximum Gasteiger partial charge on any atom is 0.132 e. The lowest BCUT2D eigenvalue weighted by molar-refractivity contribution is 0.630. The standard InChI is InChI=1S/C11H8BrClFNS/c1-6-11(15-10(5-13)16-6)8-4-7(12)2-3-9(8)14/h2-4H,5H2,1H3. The van der Waals surface area contributed by atoms with E-state index in [0.29, 0.717) is 17.1 Å². The number of aromatic nitrogens is 1. The molecule has 0 amide bonds. The Morgan fingerprint density at radius 2 is 2.25 bits per heavy atom. The van der Waals surface area contributed by atoms with Crippen LogP contribution in [0.15, 0.2) is 22.7 Å². The highest BCUT2D eigenvalue weighted by Crippen LogP contribution is 2.31. The van der Waals surface area contributed by atoms with E-state index in [9.17, 15) is 4.39 Å². The molecule has 5 heteroatoms. The average Bonchev–Trinajstić information content (AvgIpc) is 2.63. The molecule has 0 unspecified atom stereocenters. The molecule has 16 heavy (non-hydrogen) atoms. The largest absolute Gasteiger partial charge is 0.240 e. The van der Waals surface area contributed by atoms with Gasteiger partial charge < -0.3 is 0 Å². The topological polar surface area (TPSA) is 12.9 Å². The smallest absolute Gasteiger partial charge is 0.132 e. The first-order valence-electron chi connectivity index (χ1n) is 4.59. The van der Waals surface area contributed by atoms with Crippen LogP contribution in [0.25, 0.3) is 11.3 Å². The molecule has 0 saturated heterocycles. The van der Waals surface area contributed by atoms with E-state index < -0.39 is 0 Å². The molecule has 1 nitrogen and oxygen atoms in total. The normalized spacial score (nSPS) is 10.8. The molecule has 1 aromatic heterocycles. The fourth-order valence-electron chi connectivity index (χ4n) is 1.44. The van der Waals surface area contributed by atoms with Gasteiger partial charge in [0.2, 0.25) is 0 Å². The lowest BCUT2D eigenvalue weighted by atomic mass is 10.1. The molecule has 0 spiro atoms. The van der Waals surface area contributed by atoms with E-state index >= 15 is 0 Å². The molecule has 2 aromatic rings. The second-order valence-electron chi connectivity index (χ2n) is 3.27. The summed E-state index contributed by atoms with van der Waals surface area (Å²) in [5, 5.41) is 0.813. The van der Waals surface area contributed by atoms with E-state index in [1.807, 2.05) is 6.92 Å². The molecule has 0 bridgehead atoms. The van der Waals surface area contributed by atoms with E-state index in [-0.39, 0.29) is 5.82 Å². The average molecular weight is 321 g/mol. The zero-order valence-corrected chi connectivity index (χ0v) is 11.6. The van der Waals surface area contributed by atoms with E-state index in [0.717, 1.165) is 14.4 Å². The van der Waals surface area contributed by atoms with Crippen molar-refractivity contribution in [1.82, 2.24) is 4.98 Å². The number of nitrogens with zero attached hydrogens (tertiary/aromatic N) is 1. The highest BCUT2D eigenvalue weighted by molar-refractivity contribution is 9.10. The predicted octanol–water partition coefficient (Wildman–Crippen LogP) is 4.76. The van der Waals surface area contributed by atoms with E-state index in [2.05, 4.69) is 20.9 Å². The Morgan fingerprint density at radius 1 is 1.50 bits per heavy atom. The Hall–Kier alpha value is -0.450. The Bertz CT molecular complexity index is 527. The highest BCUT2D eigenvalue weighted by Gasteiger charge is 2.13. The Labute approximate surface area is 110 Å². The van der Waals surface area contributed by atoms with Crippen LogP contribution in [0.3, 0.4) is 0 Å². The molecule has 0 saturated carbocycles. The highest BCUT2D eigenvalue weighted by atomic mass is 79.9. The summed E-state index contributed by atoms with van der Waals surface area (Å²) in [4.78, 5) is 5.31. The molecule has 84 valence electrons. The summed E-state index contributed by atoms with van der Waals surface area (Å²) in [5.74, 6) is 0.0962. The summed E-state index contributed by atoms with van der Waals surface area (Å²) in [7, 11) is 0. The summed E-state index contributed by atoms with van der Waals surface area (Å²) in [6.45, 7) is 1.92. The van der Waals surface area contributed by atoms with Gasteiger partial charge in [-0.2, -0.15) is 0 Å². The minimum Gasteiger partial charge on any atom is -0.240 e. The molecule has 1 aromatic carbocycles. The lowest BCUT2D eigenvalue weighted by Crippen LogP contribution is -1.87. The number of hydrogen-bond donors (Lipinski definition) is 0. The molecule has 0 atom stereocenters. The third kappa shape index (κ3) is 2.29. The first-order chi connectivity index (χ1) is 7.61. The number of halogens is 3. The van der Waals surface area contributed by atoms with Crippen molar-refractivity contribution in [2.24, 2.45) is 0 Å². The number of alkyl halides is 1. The van der Waals surface area contributed by atoms with Crippen molar-refractivity contribution >= 4 is 38.9 Å². The zero-order valence-electron chi connectivity index (χ0n) is 8.43. The lowest BCUT2D eigenvalue weighted by Gasteiger charge is -2.01. The summed E-state index contributed by atoms with van der Waals surface area (Å²) in [6.07, 6.45) is 0. The van der Waals surface area contributed by atoms with Gasteiger partial charge in [-0.1, -0.05) is 15.9 Å². The van der Waals surface area contributed by atoms with Crippen molar-refractivity contribution in [3.8, 4) is 11.3 Å². The Balaban J connectivity index is 2.57. The van der Waals surface area contributed by atoms with Crippen molar-refractivity contribution in [2.75, 3.05) is 0 Å². The summed E-state index contributed by atoms with van der Waals surface area (Å²) in [5.41, 5.74) is 1.19. The monoisotopic (exact) mass is 319 g/mol. The van der Waals surface area contributed by atoms with Crippen LogP contribution in [0.5, 0.6) is 0 Å². The van der Waals surface area contributed by atoms with E-state index in [1.54, 1.807) is 12.1 Å². The van der Waals surface area contributed by atoms with Crippen LogP contribution in [0.1, 0.15) is 9.88 Å². The molecule has 0 fully saturated rings. The Kier molecular flexibility index (Phi) is 3.62. The van der Waals surface area contributed by atoms with Crippen molar-refractivity contribution < 1.29 is 4.39 Å². The predicted molar refractivity (Wildman–Crippen MR) is 69.5 cm³/mol. The molecule has 0 N–H and O–H groups in total. The molecule has 0 aliphatic carbocycles. The summed E-state index contributed by atoms with van der Waals surface area (Å²) < 4.78 is 14.5. The minimum atomic E-state index is -0.266. The number of thiazole rings is 1. The second-order valence-corrected chi connectivity index (χ2v) is 5.74. The van der Waals surface area contributed by atoms with Gasteiger partial charge in [0.15, 0.2) is 0 Å². The van der Waals surface area contributed by atoms with Crippen LogP contribution < -0.4 is 0 Å². The molecular weight excluding hydrogens is 313 g/mol. The van der Waals surface area contributed by atoms with Gasteiger partial charge in [0.1, 0.15) is 10.8 Å². The number of benzene rings is 1. The number of aryl methyl sites for hydroxylation is 1. The van der Waals surface area contributed by atoms with Gasteiger partial charge in [0.05, 0.1) is 11.6 Å². The molecule has 0 aliphatic rings. The molecule has 1 heterocycles. The fraction of sp³-hybridized carbons (Fsp3) is 0.182. The molecule has 0 aliphatic heterocycles. The maximum atomic E-state index is 13.7. The van der Waals surface area contributed by atoms with Gasteiger partial charge in [-0.25, -0.2) is 9.37 Å². The van der Waals surface area contributed by atoms with Crippen LogP contribution in [-0.4, -0.2) is 4.98 Å². The number of hydrogen-bond acceptors (Lipinski definition) is 2. The zero-order chi connectivity index (χ0) is 11.7. The van der Waals surface area contributed by atoms with Crippen molar-refractivity contribution in [3.63, 3.8) is 0 Å². The third-order valence-corrected chi connectivity index (χ3v) is 4.01. The van der Waals surface area contributed by atoms with E-state index in [4.69, 9.17) is 11.6 Å². The Morgan fingerprint density at radius 3 is 2.88 bits per heavy atom. The van der Waals surface area contributed by atoms with Gasteiger partial charge in [-0.3, -0.25) is 0 Å². The van der Waals surface area contributed by atoms with Gasteiger partial charge in [-0.15, -0.1) is 22.9 Å². The molecule has 0 radical (unpaired) electrons.